The smallest absolute Gasteiger partial charge is 0.264 e. The average molecular weight is 640 g/mol. The number of anilines is 1. The first kappa shape index (κ1) is 29.6. The van der Waals surface area contributed by atoms with E-state index < -0.39 is 31.6 Å². The molecule has 0 radical (unpaired) electrons. The average Bonchev–Trinajstić information content (AvgIpc) is 3.36. The normalized spacial score (nSPS) is 23.7. The van der Waals surface area contributed by atoms with Gasteiger partial charge in [-0.3, -0.25) is 9.59 Å². The Morgan fingerprint density at radius 3 is 2.32 bits per heavy atom. The first-order chi connectivity index (χ1) is 19.6. The number of carbonyl (C=O) groups excluding carboxylic acids is 2. The molecule has 0 bridgehead atoms. The van der Waals surface area contributed by atoms with E-state index in [2.05, 4.69) is 15.9 Å². The fourth-order valence-electron chi connectivity index (χ4n) is 6.66. The molecule has 2 heterocycles. The number of benzene rings is 3. The van der Waals surface area contributed by atoms with Gasteiger partial charge in [-0.05, 0) is 42.4 Å². The van der Waals surface area contributed by atoms with Crippen molar-refractivity contribution in [3.05, 3.63) is 100 Å². The first-order valence-corrected chi connectivity index (χ1v) is 17.8. The van der Waals surface area contributed by atoms with Crippen molar-refractivity contribution in [1.29, 1.82) is 0 Å². The summed E-state index contributed by atoms with van der Waals surface area (Å²) in [6, 6.07) is 25.0. The van der Waals surface area contributed by atoms with Crippen LogP contribution in [0, 0.1) is 5.92 Å². The van der Waals surface area contributed by atoms with Gasteiger partial charge in [0.25, 0.3) is 5.91 Å². The molecule has 0 aliphatic carbocycles. The standard InChI is InChI=1S/C32H36BrFN2O4Si/c1-22-30(41(2,3)34)28(19-29(38)35(16-17-37)20-23-10-6-4-7-11-23)40-32(22)26-18-25(33)14-15-27(26)36(31(32)39)21-24-12-8-5-9-13-24/h4-15,18,22,28,30,37H,16-17,19-21H2,1-3H3/t22-,28+,30-,32+/m1/s1. The Morgan fingerprint density at radius 1 is 1.07 bits per heavy atom. The Hall–Kier alpha value is -2.85. The van der Waals surface area contributed by atoms with Crippen molar-refractivity contribution in [2.75, 3.05) is 18.1 Å². The van der Waals surface area contributed by atoms with Gasteiger partial charge in [0.1, 0.15) is 0 Å². The van der Waals surface area contributed by atoms with Gasteiger partial charge < -0.3 is 23.8 Å². The molecule has 1 spiro atoms. The predicted octanol–water partition coefficient (Wildman–Crippen LogP) is 6.18. The van der Waals surface area contributed by atoms with Gasteiger partial charge in [-0.15, -0.1) is 0 Å². The summed E-state index contributed by atoms with van der Waals surface area (Å²) in [7, 11) is -3.43. The molecular weight excluding hydrogens is 603 g/mol. The molecule has 216 valence electrons. The number of halogens is 2. The molecule has 0 aromatic heterocycles. The highest BCUT2D eigenvalue weighted by molar-refractivity contribution is 9.10. The van der Waals surface area contributed by atoms with Crippen LogP contribution in [-0.4, -0.2) is 49.5 Å². The molecule has 2 aliphatic rings. The van der Waals surface area contributed by atoms with Gasteiger partial charge in [-0.25, -0.2) is 0 Å². The zero-order valence-corrected chi connectivity index (χ0v) is 26.2. The highest BCUT2D eigenvalue weighted by Gasteiger charge is 2.67. The van der Waals surface area contributed by atoms with Crippen LogP contribution >= 0.6 is 15.9 Å². The van der Waals surface area contributed by atoms with E-state index >= 15 is 4.11 Å². The van der Waals surface area contributed by atoms with Gasteiger partial charge in [-0.2, -0.15) is 0 Å². The maximum absolute atomic E-state index is 16.2. The number of ether oxygens (including phenoxy) is 1. The monoisotopic (exact) mass is 638 g/mol. The number of carbonyl (C=O) groups is 2. The summed E-state index contributed by atoms with van der Waals surface area (Å²) in [6.45, 7) is 5.81. The van der Waals surface area contributed by atoms with Crippen LogP contribution in [0.3, 0.4) is 0 Å². The second kappa shape index (κ2) is 11.8. The quantitative estimate of drug-likeness (QED) is 0.224. The third-order valence-corrected chi connectivity index (χ3v) is 11.4. The van der Waals surface area contributed by atoms with E-state index in [0.717, 1.165) is 21.3 Å². The van der Waals surface area contributed by atoms with E-state index in [-0.39, 0.29) is 31.4 Å². The highest BCUT2D eigenvalue weighted by atomic mass is 79.9. The maximum Gasteiger partial charge on any atom is 0.264 e. The molecule has 5 rings (SSSR count). The molecule has 4 atom stereocenters. The molecule has 1 saturated heterocycles. The minimum atomic E-state index is -3.43. The van der Waals surface area contributed by atoms with Crippen LogP contribution < -0.4 is 4.90 Å². The second-order valence-electron chi connectivity index (χ2n) is 11.5. The summed E-state index contributed by atoms with van der Waals surface area (Å²) < 4.78 is 23.7. The fraction of sp³-hybridized carbons (Fsp3) is 0.375. The summed E-state index contributed by atoms with van der Waals surface area (Å²) in [5, 5.41) is 9.70. The molecule has 3 aromatic rings. The zero-order chi connectivity index (χ0) is 29.4. The van der Waals surface area contributed by atoms with Crippen molar-refractivity contribution in [3.8, 4) is 0 Å². The Balaban J connectivity index is 1.50. The zero-order valence-electron chi connectivity index (χ0n) is 23.6. The lowest BCUT2D eigenvalue weighted by molar-refractivity contribution is -0.150. The SMILES string of the molecule is C[C@@H]1[C@@H]([Si](C)(C)F)[C@H](CC(=O)N(CCO)Cc2ccccc2)O[C@@]12C(=O)N(Cc1ccccc1)c1ccc(Br)cc12. The van der Waals surface area contributed by atoms with Gasteiger partial charge in [-0.1, -0.05) is 83.5 Å². The first-order valence-electron chi connectivity index (χ1n) is 14.0. The van der Waals surface area contributed by atoms with Crippen LogP contribution in [0.5, 0.6) is 0 Å². The van der Waals surface area contributed by atoms with Crippen LogP contribution in [0.2, 0.25) is 18.6 Å². The van der Waals surface area contributed by atoms with Gasteiger partial charge in [0, 0.05) is 34.6 Å². The fourth-order valence-corrected chi connectivity index (χ4v) is 9.51. The molecule has 0 saturated carbocycles. The van der Waals surface area contributed by atoms with E-state index in [0.29, 0.717) is 18.7 Å². The topological polar surface area (TPSA) is 70.1 Å². The summed E-state index contributed by atoms with van der Waals surface area (Å²) in [6.07, 6.45) is -0.854. The molecule has 1 fully saturated rings. The van der Waals surface area contributed by atoms with Crippen molar-refractivity contribution in [2.24, 2.45) is 5.92 Å². The van der Waals surface area contributed by atoms with Gasteiger partial charge in [0.05, 0.1) is 31.4 Å². The number of hydrogen-bond acceptors (Lipinski definition) is 4. The minimum absolute atomic E-state index is 0.0702. The summed E-state index contributed by atoms with van der Waals surface area (Å²) in [5.74, 6) is -0.952. The molecule has 0 unspecified atom stereocenters. The van der Waals surface area contributed by atoms with Crippen molar-refractivity contribution in [3.63, 3.8) is 0 Å². The highest BCUT2D eigenvalue weighted by Crippen LogP contribution is 2.60. The number of hydrogen-bond donors (Lipinski definition) is 1. The second-order valence-corrected chi connectivity index (χ2v) is 16.2. The van der Waals surface area contributed by atoms with Crippen molar-refractivity contribution >= 4 is 41.8 Å². The van der Waals surface area contributed by atoms with E-state index in [1.165, 1.54) is 0 Å². The minimum Gasteiger partial charge on any atom is -0.395 e. The molecule has 2 amide bonds. The Labute approximate surface area is 250 Å². The molecular formula is C32H36BrFN2O4Si. The Kier molecular flexibility index (Phi) is 8.53. The molecule has 3 aromatic carbocycles. The van der Waals surface area contributed by atoms with Crippen molar-refractivity contribution in [1.82, 2.24) is 4.90 Å². The Morgan fingerprint density at radius 2 is 1.71 bits per heavy atom. The van der Waals surface area contributed by atoms with Gasteiger partial charge in [0.2, 0.25) is 14.3 Å². The molecule has 6 nitrogen and oxygen atoms in total. The molecule has 2 aliphatic heterocycles. The molecule has 41 heavy (non-hydrogen) atoms. The van der Waals surface area contributed by atoms with E-state index in [1.807, 2.05) is 85.8 Å². The van der Waals surface area contributed by atoms with Crippen molar-refractivity contribution < 1.29 is 23.5 Å². The maximum atomic E-state index is 16.2. The van der Waals surface area contributed by atoms with Gasteiger partial charge in [0.15, 0.2) is 5.60 Å². The van der Waals surface area contributed by atoms with Crippen LogP contribution in [-0.2, 0) is 33.0 Å². The summed E-state index contributed by atoms with van der Waals surface area (Å²) >= 11 is 3.56. The van der Waals surface area contributed by atoms with Crippen LogP contribution in [0.4, 0.5) is 9.80 Å². The lowest BCUT2D eigenvalue weighted by atomic mass is 9.82. The predicted molar refractivity (Wildman–Crippen MR) is 163 cm³/mol. The third kappa shape index (κ3) is 5.65. The lowest BCUT2D eigenvalue weighted by Crippen LogP contribution is -2.45. The summed E-state index contributed by atoms with van der Waals surface area (Å²) in [5.41, 5.74) is 1.36. The Bertz CT molecular complexity index is 1400. The van der Waals surface area contributed by atoms with Crippen LogP contribution in [0.15, 0.2) is 83.3 Å². The number of rotatable bonds is 9. The van der Waals surface area contributed by atoms with Crippen molar-refractivity contribution in [2.45, 2.75) is 56.8 Å². The number of aliphatic hydroxyl groups excluding tert-OH is 1. The number of aliphatic hydroxyl groups is 1. The number of fused-ring (bicyclic) bond motifs is 2. The number of amides is 2. The van der Waals surface area contributed by atoms with E-state index in [9.17, 15) is 14.7 Å². The van der Waals surface area contributed by atoms with E-state index in [4.69, 9.17) is 4.74 Å². The number of nitrogens with zero attached hydrogens (tertiary/aromatic N) is 2. The largest absolute Gasteiger partial charge is 0.395 e. The third-order valence-electron chi connectivity index (χ3n) is 8.42. The summed E-state index contributed by atoms with van der Waals surface area (Å²) in [4.78, 5) is 31.4. The van der Waals surface area contributed by atoms with E-state index in [1.54, 1.807) is 22.9 Å². The molecule has 1 N–H and O–H groups in total. The molecule has 9 heteroatoms. The van der Waals surface area contributed by atoms with Crippen LogP contribution in [0.1, 0.15) is 30.0 Å². The van der Waals surface area contributed by atoms with Crippen LogP contribution in [0.25, 0.3) is 0 Å². The van der Waals surface area contributed by atoms with Gasteiger partial charge >= 0.3 is 0 Å². The lowest BCUT2D eigenvalue weighted by Gasteiger charge is -2.31.